The molecule has 0 bridgehead atoms. The molecule has 1 N–H and O–H groups in total. The van der Waals surface area contributed by atoms with Crippen LogP contribution in [0.3, 0.4) is 0 Å². The van der Waals surface area contributed by atoms with Crippen LogP contribution in [0.25, 0.3) is 4.83 Å². The first-order valence-electron chi connectivity index (χ1n) is 6.05. The molecule has 1 fully saturated rings. The number of aliphatic hydroxyl groups excluding tert-OH is 1. The Kier molecular flexibility index (Phi) is 3.11. The molecule has 17 heavy (non-hydrogen) atoms. The number of rotatable bonds is 2. The molecule has 0 aromatic carbocycles. The summed E-state index contributed by atoms with van der Waals surface area (Å²) in [5.41, 5.74) is 0.830. The molecule has 2 aromatic heterocycles. The highest BCUT2D eigenvalue weighted by molar-refractivity contribution is 7.21. The minimum absolute atomic E-state index is 0.349. The molecule has 1 atom stereocenters. The fraction of sp³-hybridized carbons (Fsp3) is 0.583. The van der Waals surface area contributed by atoms with E-state index in [4.69, 9.17) is 11.6 Å². The van der Waals surface area contributed by atoms with E-state index >= 15 is 0 Å². The second kappa shape index (κ2) is 4.59. The Morgan fingerprint density at radius 1 is 1.41 bits per heavy atom. The van der Waals surface area contributed by atoms with Gasteiger partial charge in [0.15, 0.2) is 0 Å². The fourth-order valence-corrected chi connectivity index (χ4v) is 4.01. The van der Waals surface area contributed by atoms with Gasteiger partial charge in [-0.05, 0) is 18.8 Å². The Balaban J connectivity index is 1.95. The van der Waals surface area contributed by atoms with E-state index < -0.39 is 6.10 Å². The average molecular weight is 271 g/mol. The maximum atomic E-state index is 10.5. The number of fused-ring (bicyclic) bond motifs is 1. The maximum Gasteiger partial charge on any atom is 0.121 e. The highest BCUT2D eigenvalue weighted by Crippen LogP contribution is 2.40. The zero-order chi connectivity index (χ0) is 11.8. The van der Waals surface area contributed by atoms with Gasteiger partial charge in [0.05, 0.1) is 18.0 Å². The molecule has 1 saturated carbocycles. The lowest BCUT2D eigenvalue weighted by Crippen LogP contribution is -2.17. The van der Waals surface area contributed by atoms with E-state index in [1.54, 1.807) is 12.5 Å². The molecule has 1 aliphatic carbocycles. The number of thiazole rings is 1. The van der Waals surface area contributed by atoms with Crippen molar-refractivity contribution in [1.82, 2.24) is 9.38 Å². The zero-order valence-electron chi connectivity index (χ0n) is 9.47. The Bertz CT molecular complexity index is 516. The van der Waals surface area contributed by atoms with Gasteiger partial charge in [0.1, 0.15) is 15.5 Å². The maximum absolute atomic E-state index is 10.5. The summed E-state index contributed by atoms with van der Waals surface area (Å²) in [5, 5.41) is 10.5. The van der Waals surface area contributed by atoms with Crippen LogP contribution in [-0.4, -0.2) is 14.5 Å². The fourth-order valence-electron chi connectivity index (χ4n) is 2.71. The van der Waals surface area contributed by atoms with Gasteiger partial charge in [0.25, 0.3) is 0 Å². The lowest BCUT2D eigenvalue weighted by atomic mass is 9.84. The molecule has 2 aromatic rings. The summed E-state index contributed by atoms with van der Waals surface area (Å²) in [6, 6.07) is 0. The summed E-state index contributed by atoms with van der Waals surface area (Å²) in [5.74, 6) is 0.349. The number of aromatic nitrogens is 2. The van der Waals surface area contributed by atoms with Crippen molar-refractivity contribution < 1.29 is 5.11 Å². The standard InChI is InChI=1S/C12H15ClN2OS/c13-12-10(15-7-14-6-9(15)17-12)11(16)8-4-2-1-3-5-8/h6-8,11,16H,1-5H2/t11-/m0/s1. The Morgan fingerprint density at radius 3 is 2.94 bits per heavy atom. The van der Waals surface area contributed by atoms with Crippen LogP contribution in [0.5, 0.6) is 0 Å². The average Bonchev–Trinajstić information content (AvgIpc) is 2.89. The van der Waals surface area contributed by atoms with Gasteiger partial charge in [-0.2, -0.15) is 0 Å². The smallest absolute Gasteiger partial charge is 0.121 e. The van der Waals surface area contributed by atoms with E-state index in [9.17, 15) is 5.11 Å². The lowest BCUT2D eigenvalue weighted by Gasteiger charge is -2.26. The Morgan fingerprint density at radius 2 is 2.18 bits per heavy atom. The van der Waals surface area contributed by atoms with Crippen molar-refractivity contribution in [2.24, 2.45) is 5.92 Å². The van der Waals surface area contributed by atoms with Crippen LogP contribution < -0.4 is 0 Å². The molecule has 2 heterocycles. The van der Waals surface area contributed by atoms with Crippen LogP contribution in [0.4, 0.5) is 0 Å². The number of aliphatic hydroxyl groups is 1. The third-order valence-corrected chi connectivity index (χ3v) is 4.96. The van der Waals surface area contributed by atoms with Crippen molar-refractivity contribution in [3.8, 4) is 0 Å². The molecular formula is C12H15ClN2OS. The van der Waals surface area contributed by atoms with Crippen LogP contribution in [-0.2, 0) is 0 Å². The van der Waals surface area contributed by atoms with Gasteiger partial charge >= 0.3 is 0 Å². The first kappa shape index (κ1) is 11.5. The number of imidazole rings is 1. The van der Waals surface area contributed by atoms with Gasteiger partial charge in [-0.25, -0.2) is 4.98 Å². The van der Waals surface area contributed by atoms with Crippen LogP contribution >= 0.6 is 22.9 Å². The zero-order valence-corrected chi connectivity index (χ0v) is 11.0. The van der Waals surface area contributed by atoms with Crippen LogP contribution in [0, 0.1) is 5.92 Å². The van der Waals surface area contributed by atoms with Gasteiger partial charge in [-0.15, -0.1) is 11.3 Å². The predicted octanol–water partition coefficient (Wildman–Crippen LogP) is 3.66. The molecule has 0 aliphatic heterocycles. The predicted molar refractivity (Wildman–Crippen MR) is 69.6 cm³/mol. The minimum atomic E-state index is -0.453. The van der Waals surface area contributed by atoms with E-state index in [1.165, 1.54) is 30.6 Å². The van der Waals surface area contributed by atoms with E-state index in [-0.39, 0.29) is 0 Å². The highest BCUT2D eigenvalue weighted by Gasteiger charge is 2.27. The van der Waals surface area contributed by atoms with Gasteiger partial charge in [0, 0.05) is 0 Å². The van der Waals surface area contributed by atoms with Gasteiger partial charge in [0.2, 0.25) is 0 Å². The van der Waals surface area contributed by atoms with Crippen molar-refractivity contribution in [3.05, 3.63) is 22.6 Å². The third-order valence-electron chi connectivity index (χ3n) is 3.64. The molecular weight excluding hydrogens is 256 g/mol. The number of hydrogen-bond acceptors (Lipinski definition) is 3. The first-order chi connectivity index (χ1) is 8.27. The molecule has 92 valence electrons. The van der Waals surface area contributed by atoms with E-state index in [0.717, 1.165) is 23.4 Å². The van der Waals surface area contributed by atoms with E-state index in [1.807, 2.05) is 4.40 Å². The SMILES string of the molecule is O[C@H](c1c(Cl)sc2cncn12)C1CCCCC1. The second-order valence-electron chi connectivity index (χ2n) is 4.71. The van der Waals surface area contributed by atoms with Crippen molar-refractivity contribution in [3.63, 3.8) is 0 Å². The summed E-state index contributed by atoms with van der Waals surface area (Å²) in [7, 11) is 0. The summed E-state index contributed by atoms with van der Waals surface area (Å²) in [6.45, 7) is 0. The molecule has 1 aliphatic rings. The molecule has 0 radical (unpaired) electrons. The molecule has 0 spiro atoms. The van der Waals surface area contributed by atoms with Crippen LogP contribution in [0.1, 0.15) is 43.9 Å². The second-order valence-corrected chi connectivity index (χ2v) is 6.34. The minimum Gasteiger partial charge on any atom is -0.386 e. The van der Waals surface area contributed by atoms with Crippen molar-refractivity contribution in [2.75, 3.05) is 0 Å². The van der Waals surface area contributed by atoms with Crippen LogP contribution in [0.15, 0.2) is 12.5 Å². The largest absolute Gasteiger partial charge is 0.386 e. The molecule has 0 saturated heterocycles. The summed E-state index contributed by atoms with van der Waals surface area (Å²) < 4.78 is 2.62. The van der Waals surface area contributed by atoms with Crippen molar-refractivity contribution in [2.45, 2.75) is 38.2 Å². The number of nitrogens with zero attached hydrogens (tertiary/aromatic N) is 2. The van der Waals surface area contributed by atoms with E-state index in [2.05, 4.69) is 4.98 Å². The van der Waals surface area contributed by atoms with Crippen molar-refractivity contribution >= 4 is 27.8 Å². The number of halogens is 1. The summed E-state index contributed by atoms with van der Waals surface area (Å²) >= 11 is 7.72. The van der Waals surface area contributed by atoms with E-state index in [0.29, 0.717) is 10.3 Å². The molecule has 3 rings (SSSR count). The summed E-state index contributed by atoms with van der Waals surface area (Å²) in [6.07, 6.45) is 9.00. The highest BCUT2D eigenvalue weighted by atomic mass is 35.5. The summed E-state index contributed by atoms with van der Waals surface area (Å²) in [4.78, 5) is 5.09. The molecule has 5 heteroatoms. The first-order valence-corrected chi connectivity index (χ1v) is 7.25. The van der Waals surface area contributed by atoms with Gasteiger partial charge in [-0.1, -0.05) is 30.9 Å². The third kappa shape index (κ3) is 1.98. The topological polar surface area (TPSA) is 37.5 Å². The quantitative estimate of drug-likeness (QED) is 0.904. The lowest BCUT2D eigenvalue weighted by molar-refractivity contribution is 0.0807. The Labute approximate surface area is 109 Å². The van der Waals surface area contributed by atoms with Gasteiger partial charge in [-0.3, -0.25) is 4.40 Å². The number of hydrogen-bond donors (Lipinski definition) is 1. The molecule has 3 nitrogen and oxygen atoms in total. The molecule has 0 unspecified atom stereocenters. The van der Waals surface area contributed by atoms with Crippen molar-refractivity contribution in [1.29, 1.82) is 0 Å². The normalized spacial score (nSPS) is 19.9. The molecule has 0 amide bonds. The monoisotopic (exact) mass is 270 g/mol. The Hall–Kier alpha value is -0.580. The van der Waals surface area contributed by atoms with Crippen LogP contribution in [0.2, 0.25) is 4.34 Å². The van der Waals surface area contributed by atoms with Gasteiger partial charge < -0.3 is 5.11 Å².